The maximum absolute atomic E-state index is 4.48. The quantitative estimate of drug-likeness (QED) is 0.744. The Balaban J connectivity index is 2.07. The van der Waals surface area contributed by atoms with Crippen LogP contribution in [0.5, 0.6) is 0 Å². The van der Waals surface area contributed by atoms with Gasteiger partial charge in [0.25, 0.3) is 0 Å². The summed E-state index contributed by atoms with van der Waals surface area (Å²) in [6.07, 6.45) is 1.85. The van der Waals surface area contributed by atoms with Gasteiger partial charge in [0.2, 0.25) is 0 Å². The maximum atomic E-state index is 4.48. The van der Waals surface area contributed by atoms with Crippen molar-refractivity contribution in [3.63, 3.8) is 0 Å². The van der Waals surface area contributed by atoms with Crippen LogP contribution in [-0.4, -0.2) is 18.7 Å². The van der Waals surface area contributed by atoms with Gasteiger partial charge >= 0.3 is 0 Å². The normalized spacial score (nSPS) is 14.0. The summed E-state index contributed by atoms with van der Waals surface area (Å²) in [5, 5.41) is 0. The first-order valence-electron chi connectivity index (χ1n) is 5.76. The van der Waals surface area contributed by atoms with Crippen molar-refractivity contribution in [1.82, 2.24) is 4.98 Å². The zero-order valence-corrected chi connectivity index (χ0v) is 10.1. The average Bonchev–Trinajstić information content (AvgIpc) is 2.68. The molecule has 0 radical (unpaired) electrons. The van der Waals surface area contributed by atoms with E-state index in [9.17, 15) is 0 Å². The highest BCUT2D eigenvalue weighted by atomic mass is 15.4. The molecule has 17 heavy (non-hydrogen) atoms. The van der Waals surface area contributed by atoms with Crippen molar-refractivity contribution in [2.45, 2.75) is 6.92 Å². The molecule has 0 amide bonds. The van der Waals surface area contributed by atoms with Crippen LogP contribution in [0.25, 0.3) is 0 Å². The van der Waals surface area contributed by atoms with Crippen molar-refractivity contribution in [3.8, 4) is 0 Å². The first kappa shape index (κ1) is 10.1. The molecule has 86 valence electrons. The van der Waals surface area contributed by atoms with Gasteiger partial charge in [0, 0.05) is 18.9 Å². The Kier molecular flexibility index (Phi) is 2.25. The number of benzene rings is 1. The van der Waals surface area contributed by atoms with Crippen LogP contribution in [0.15, 0.2) is 42.6 Å². The number of pyridine rings is 1. The van der Waals surface area contributed by atoms with Crippen molar-refractivity contribution >= 4 is 17.2 Å². The average molecular weight is 225 g/mol. The summed E-state index contributed by atoms with van der Waals surface area (Å²) in [5.74, 6) is 1.04. The Bertz CT molecular complexity index is 551. The van der Waals surface area contributed by atoms with E-state index >= 15 is 0 Å². The van der Waals surface area contributed by atoms with Crippen LogP contribution in [0, 0.1) is 6.92 Å². The van der Waals surface area contributed by atoms with Crippen LogP contribution < -0.4 is 9.80 Å². The first-order valence-corrected chi connectivity index (χ1v) is 5.76. The van der Waals surface area contributed by atoms with Gasteiger partial charge in [0.05, 0.1) is 12.4 Å². The highest BCUT2D eigenvalue weighted by molar-refractivity contribution is 5.78. The second kappa shape index (κ2) is 3.77. The third-order valence-corrected chi connectivity index (χ3v) is 3.10. The predicted octanol–water partition coefficient (Wildman–Crippen LogP) is 2.94. The fraction of sp³-hybridized carbons (Fsp3) is 0.214. The minimum atomic E-state index is 0.857. The molecule has 2 heterocycles. The second-order valence-corrected chi connectivity index (χ2v) is 4.45. The summed E-state index contributed by atoms with van der Waals surface area (Å²) >= 11 is 0. The number of fused-ring (bicyclic) bond motifs is 1. The van der Waals surface area contributed by atoms with Gasteiger partial charge in [-0.3, -0.25) is 0 Å². The molecular formula is C14H15N3. The predicted molar refractivity (Wildman–Crippen MR) is 70.8 cm³/mol. The molecule has 0 fully saturated rings. The third-order valence-electron chi connectivity index (χ3n) is 3.10. The maximum Gasteiger partial charge on any atom is 0.158 e. The van der Waals surface area contributed by atoms with Crippen LogP contribution in [-0.2, 0) is 0 Å². The number of nitrogens with zero attached hydrogens (tertiary/aromatic N) is 3. The molecule has 0 saturated carbocycles. The lowest BCUT2D eigenvalue weighted by molar-refractivity contribution is 0.943. The molecule has 0 bridgehead atoms. The van der Waals surface area contributed by atoms with E-state index < -0.39 is 0 Å². The Hall–Kier alpha value is -2.03. The number of hydrogen-bond acceptors (Lipinski definition) is 3. The lowest BCUT2D eigenvalue weighted by atomic mass is 10.2. The summed E-state index contributed by atoms with van der Waals surface area (Å²) in [6.45, 7) is 2.97. The number of anilines is 3. The molecule has 0 N–H and O–H groups in total. The van der Waals surface area contributed by atoms with Crippen LogP contribution in [0.4, 0.5) is 17.2 Å². The number of aryl methyl sites for hydroxylation is 1. The fourth-order valence-electron chi connectivity index (χ4n) is 2.25. The van der Waals surface area contributed by atoms with Gasteiger partial charge in [-0.2, -0.15) is 0 Å². The summed E-state index contributed by atoms with van der Waals surface area (Å²) < 4.78 is 0. The Morgan fingerprint density at radius 2 is 2.06 bits per heavy atom. The molecule has 3 heteroatoms. The van der Waals surface area contributed by atoms with E-state index in [-0.39, 0.29) is 0 Å². The highest BCUT2D eigenvalue weighted by Crippen LogP contribution is 2.37. The standard InChI is InChI=1S/C14H15N3/c1-11-5-3-6-12(9-11)17-10-16(2)13-7-4-8-15-14(13)17/h3-9H,10H2,1-2H3. The fourth-order valence-corrected chi connectivity index (χ4v) is 2.25. The molecule has 0 spiro atoms. The van der Waals surface area contributed by atoms with E-state index in [1.165, 1.54) is 16.9 Å². The van der Waals surface area contributed by atoms with Crippen molar-refractivity contribution in [2.24, 2.45) is 0 Å². The third kappa shape index (κ3) is 1.64. The Morgan fingerprint density at radius 1 is 1.18 bits per heavy atom. The Labute approximate surface area is 101 Å². The molecule has 0 aliphatic carbocycles. The van der Waals surface area contributed by atoms with E-state index in [0.717, 1.165) is 12.5 Å². The lowest BCUT2D eigenvalue weighted by Crippen LogP contribution is -2.24. The molecule has 2 aromatic rings. The summed E-state index contributed by atoms with van der Waals surface area (Å²) in [4.78, 5) is 8.93. The molecule has 0 unspecified atom stereocenters. The van der Waals surface area contributed by atoms with Crippen molar-refractivity contribution in [3.05, 3.63) is 48.2 Å². The van der Waals surface area contributed by atoms with Gasteiger partial charge in [0.15, 0.2) is 5.82 Å². The number of hydrogen-bond donors (Lipinski definition) is 0. The monoisotopic (exact) mass is 225 g/mol. The largest absolute Gasteiger partial charge is 0.354 e. The molecule has 1 aliphatic heterocycles. The van der Waals surface area contributed by atoms with Crippen LogP contribution in [0.2, 0.25) is 0 Å². The Morgan fingerprint density at radius 3 is 2.88 bits per heavy atom. The highest BCUT2D eigenvalue weighted by Gasteiger charge is 2.25. The number of aromatic nitrogens is 1. The van der Waals surface area contributed by atoms with Crippen molar-refractivity contribution < 1.29 is 0 Å². The van der Waals surface area contributed by atoms with Crippen molar-refractivity contribution in [2.75, 3.05) is 23.5 Å². The molecule has 3 nitrogen and oxygen atoms in total. The zero-order chi connectivity index (χ0) is 11.8. The molecule has 1 aromatic carbocycles. The van der Waals surface area contributed by atoms with E-state index in [1.807, 2.05) is 12.3 Å². The second-order valence-electron chi connectivity index (χ2n) is 4.45. The SMILES string of the molecule is Cc1cccc(N2CN(C)c3cccnc32)c1. The molecule has 1 aliphatic rings. The molecule has 1 aromatic heterocycles. The molecule has 0 atom stereocenters. The molecular weight excluding hydrogens is 210 g/mol. The first-order chi connectivity index (χ1) is 8.25. The lowest BCUT2D eigenvalue weighted by Gasteiger charge is -2.18. The van der Waals surface area contributed by atoms with Gasteiger partial charge in [-0.05, 0) is 36.8 Å². The smallest absolute Gasteiger partial charge is 0.158 e. The summed E-state index contributed by atoms with van der Waals surface area (Å²) in [5.41, 5.74) is 3.66. The van der Waals surface area contributed by atoms with E-state index in [0.29, 0.717) is 0 Å². The summed E-state index contributed by atoms with van der Waals surface area (Å²) in [6, 6.07) is 12.6. The van der Waals surface area contributed by atoms with E-state index in [4.69, 9.17) is 0 Å². The zero-order valence-electron chi connectivity index (χ0n) is 10.1. The van der Waals surface area contributed by atoms with E-state index in [1.54, 1.807) is 0 Å². The van der Waals surface area contributed by atoms with Crippen molar-refractivity contribution in [1.29, 1.82) is 0 Å². The van der Waals surface area contributed by atoms with Crippen LogP contribution in [0.3, 0.4) is 0 Å². The minimum Gasteiger partial charge on any atom is -0.354 e. The van der Waals surface area contributed by atoms with Gasteiger partial charge in [0.1, 0.15) is 0 Å². The van der Waals surface area contributed by atoms with Gasteiger partial charge in [-0.25, -0.2) is 4.98 Å². The van der Waals surface area contributed by atoms with Crippen LogP contribution >= 0.6 is 0 Å². The topological polar surface area (TPSA) is 19.4 Å². The van der Waals surface area contributed by atoms with Gasteiger partial charge in [-0.15, -0.1) is 0 Å². The molecule has 0 saturated heterocycles. The van der Waals surface area contributed by atoms with E-state index in [2.05, 4.69) is 59.1 Å². The van der Waals surface area contributed by atoms with Gasteiger partial charge in [-0.1, -0.05) is 12.1 Å². The van der Waals surface area contributed by atoms with Crippen LogP contribution in [0.1, 0.15) is 5.56 Å². The van der Waals surface area contributed by atoms with Gasteiger partial charge < -0.3 is 9.80 Å². The molecule has 3 rings (SSSR count). The minimum absolute atomic E-state index is 0.857. The summed E-state index contributed by atoms with van der Waals surface area (Å²) in [7, 11) is 2.09. The number of rotatable bonds is 1.